The minimum atomic E-state index is -3.59. The summed E-state index contributed by atoms with van der Waals surface area (Å²) in [5.41, 5.74) is 6.76. The highest BCUT2D eigenvalue weighted by atomic mass is 32.2. The average molecular weight is 362 g/mol. The van der Waals surface area contributed by atoms with E-state index in [4.69, 9.17) is 5.73 Å². The maximum absolute atomic E-state index is 13.0. The first-order valence-electron chi connectivity index (χ1n) is 9.04. The van der Waals surface area contributed by atoms with Gasteiger partial charge in [0.15, 0.2) is 0 Å². The molecule has 4 rings (SSSR count). The van der Waals surface area contributed by atoms with Gasteiger partial charge < -0.3 is 5.73 Å². The Morgan fingerprint density at radius 2 is 2.00 bits per heavy atom. The third kappa shape index (κ3) is 2.23. The van der Waals surface area contributed by atoms with Gasteiger partial charge in [-0.1, -0.05) is 44.2 Å². The molecule has 1 amide bonds. The van der Waals surface area contributed by atoms with Gasteiger partial charge in [-0.05, 0) is 42.6 Å². The van der Waals surface area contributed by atoms with E-state index in [1.807, 2.05) is 30.3 Å². The second-order valence-corrected chi connectivity index (χ2v) is 10.4. The van der Waals surface area contributed by atoms with E-state index in [0.29, 0.717) is 12.3 Å². The molecule has 1 aliphatic heterocycles. The van der Waals surface area contributed by atoms with Gasteiger partial charge in [-0.25, -0.2) is 12.7 Å². The smallest absolute Gasteiger partial charge is 0.253 e. The van der Waals surface area contributed by atoms with Crippen molar-refractivity contribution in [2.24, 2.45) is 22.5 Å². The number of nitrogens with zero attached hydrogens (tertiary/aromatic N) is 1. The van der Waals surface area contributed by atoms with E-state index < -0.39 is 22.0 Å². The number of fused-ring (bicyclic) bond motifs is 1. The molecule has 0 aromatic heterocycles. The summed E-state index contributed by atoms with van der Waals surface area (Å²) in [5, 5.41) is 0. The Hall–Kier alpha value is -1.40. The van der Waals surface area contributed by atoms with Crippen LogP contribution in [0.3, 0.4) is 0 Å². The van der Waals surface area contributed by atoms with E-state index in [2.05, 4.69) is 13.8 Å². The number of amides is 1. The Bertz CT molecular complexity index is 805. The molecule has 136 valence electrons. The third-order valence-corrected chi connectivity index (χ3v) is 9.16. The highest BCUT2D eigenvalue weighted by molar-refractivity contribution is 7.90. The van der Waals surface area contributed by atoms with Crippen LogP contribution in [0.15, 0.2) is 30.3 Å². The standard InChI is InChI=1S/C19H26N2O3S/c1-18(2)14-8-9-19(18)12-25(23,24)21(16(19)11-14)17(22)15(20)10-13-6-4-3-5-7-13/h3-7,14-16H,8-12,20H2,1-2H3/t14-,15+,16-,19-/m1/s1. The molecule has 5 nitrogen and oxygen atoms in total. The fourth-order valence-corrected chi connectivity index (χ4v) is 8.28. The molecule has 2 aliphatic carbocycles. The van der Waals surface area contributed by atoms with Crippen molar-refractivity contribution in [3.05, 3.63) is 35.9 Å². The first kappa shape index (κ1) is 17.0. The van der Waals surface area contributed by atoms with Gasteiger partial charge in [-0.15, -0.1) is 0 Å². The van der Waals surface area contributed by atoms with Crippen LogP contribution in [0, 0.1) is 16.7 Å². The fraction of sp³-hybridized carbons (Fsp3) is 0.632. The number of nitrogens with two attached hydrogens (primary N) is 1. The van der Waals surface area contributed by atoms with Crippen LogP contribution < -0.4 is 5.73 Å². The summed E-state index contributed by atoms with van der Waals surface area (Å²) in [6, 6.07) is 8.49. The molecule has 0 radical (unpaired) electrons. The lowest BCUT2D eigenvalue weighted by Gasteiger charge is -2.37. The van der Waals surface area contributed by atoms with Crippen molar-refractivity contribution in [1.82, 2.24) is 4.31 Å². The zero-order valence-corrected chi connectivity index (χ0v) is 15.6. The van der Waals surface area contributed by atoms with E-state index in [-0.39, 0.29) is 22.6 Å². The predicted octanol–water partition coefficient (Wildman–Crippen LogP) is 1.92. The molecule has 1 saturated heterocycles. The molecule has 2 bridgehead atoms. The Morgan fingerprint density at radius 3 is 2.64 bits per heavy atom. The van der Waals surface area contributed by atoms with Gasteiger partial charge >= 0.3 is 0 Å². The summed E-state index contributed by atoms with van der Waals surface area (Å²) in [5.74, 6) is 0.153. The average Bonchev–Trinajstić information content (AvgIpc) is 3.02. The summed E-state index contributed by atoms with van der Waals surface area (Å²) >= 11 is 0. The Kier molecular flexibility index (Phi) is 3.61. The minimum absolute atomic E-state index is 0.0384. The van der Waals surface area contributed by atoms with Gasteiger partial charge in [0.05, 0.1) is 17.8 Å². The molecule has 6 heteroatoms. The Labute approximate surface area is 149 Å². The number of sulfonamides is 1. The van der Waals surface area contributed by atoms with Crippen molar-refractivity contribution in [3.8, 4) is 0 Å². The maximum atomic E-state index is 13.0. The molecule has 3 fully saturated rings. The second kappa shape index (κ2) is 5.30. The Balaban J connectivity index is 1.63. The molecule has 4 atom stereocenters. The lowest BCUT2D eigenvalue weighted by Crippen LogP contribution is -2.50. The number of rotatable bonds is 3. The van der Waals surface area contributed by atoms with E-state index in [1.165, 1.54) is 4.31 Å². The van der Waals surface area contributed by atoms with Crippen LogP contribution in [0.2, 0.25) is 0 Å². The normalized spacial score (nSPS) is 35.6. The summed E-state index contributed by atoms with van der Waals surface area (Å²) in [6.07, 6.45) is 3.11. The van der Waals surface area contributed by atoms with Crippen molar-refractivity contribution >= 4 is 15.9 Å². The molecular formula is C19H26N2O3S. The van der Waals surface area contributed by atoms with Gasteiger partial charge in [0.1, 0.15) is 0 Å². The number of hydrogen-bond donors (Lipinski definition) is 1. The largest absolute Gasteiger partial charge is 0.320 e. The van der Waals surface area contributed by atoms with E-state index in [1.54, 1.807) is 0 Å². The molecule has 1 aromatic rings. The second-order valence-electron chi connectivity index (χ2n) is 8.55. The topological polar surface area (TPSA) is 80.5 Å². The molecular weight excluding hydrogens is 336 g/mol. The van der Waals surface area contributed by atoms with Crippen LogP contribution in [-0.4, -0.2) is 36.5 Å². The Morgan fingerprint density at radius 1 is 1.32 bits per heavy atom. The first-order valence-corrected chi connectivity index (χ1v) is 10.7. The van der Waals surface area contributed by atoms with Crippen LogP contribution in [0.5, 0.6) is 0 Å². The van der Waals surface area contributed by atoms with Crippen LogP contribution in [-0.2, 0) is 21.2 Å². The summed E-state index contributed by atoms with van der Waals surface area (Å²) < 4.78 is 27.0. The van der Waals surface area contributed by atoms with Crippen molar-refractivity contribution in [1.29, 1.82) is 0 Å². The van der Waals surface area contributed by atoms with E-state index in [9.17, 15) is 13.2 Å². The predicted molar refractivity (Wildman–Crippen MR) is 96.1 cm³/mol. The number of hydrogen-bond acceptors (Lipinski definition) is 4. The highest BCUT2D eigenvalue weighted by Gasteiger charge is 2.72. The van der Waals surface area contributed by atoms with Gasteiger partial charge in [0.25, 0.3) is 5.91 Å². The van der Waals surface area contributed by atoms with Gasteiger partial charge in [0.2, 0.25) is 10.0 Å². The lowest BCUT2D eigenvalue weighted by molar-refractivity contribution is -0.130. The molecule has 1 spiro atoms. The molecule has 25 heavy (non-hydrogen) atoms. The SMILES string of the molecule is CC1(C)[C@@H]2CC[C@]13CS(=O)(=O)N(C(=O)[C@@H](N)Cc1ccccc1)[C@@H]3C2. The summed E-state index contributed by atoms with van der Waals surface area (Å²) in [4.78, 5) is 13.0. The summed E-state index contributed by atoms with van der Waals surface area (Å²) in [7, 11) is -3.59. The zero-order valence-electron chi connectivity index (χ0n) is 14.8. The molecule has 0 unspecified atom stereocenters. The monoisotopic (exact) mass is 362 g/mol. The molecule has 2 saturated carbocycles. The molecule has 1 heterocycles. The number of carbonyl (C=O) groups excluding carboxylic acids is 1. The lowest BCUT2D eigenvalue weighted by atomic mass is 9.69. The van der Waals surface area contributed by atoms with Crippen molar-refractivity contribution in [2.45, 2.75) is 51.6 Å². The quantitative estimate of drug-likeness (QED) is 0.891. The highest BCUT2D eigenvalue weighted by Crippen LogP contribution is 2.69. The van der Waals surface area contributed by atoms with Crippen molar-refractivity contribution in [3.63, 3.8) is 0 Å². The zero-order chi connectivity index (χ0) is 18.0. The van der Waals surface area contributed by atoms with Crippen molar-refractivity contribution in [2.75, 3.05) is 5.75 Å². The van der Waals surface area contributed by atoms with Gasteiger partial charge in [0, 0.05) is 5.41 Å². The third-order valence-electron chi connectivity index (χ3n) is 7.24. The van der Waals surface area contributed by atoms with Crippen LogP contribution >= 0.6 is 0 Å². The summed E-state index contributed by atoms with van der Waals surface area (Å²) in [6.45, 7) is 4.36. The van der Waals surface area contributed by atoms with Gasteiger partial charge in [-0.3, -0.25) is 4.79 Å². The van der Waals surface area contributed by atoms with E-state index >= 15 is 0 Å². The van der Waals surface area contributed by atoms with Crippen LogP contribution in [0.25, 0.3) is 0 Å². The molecule has 1 aromatic carbocycles. The first-order chi connectivity index (χ1) is 11.7. The number of carbonyl (C=O) groups is 1. The van der Waals surface area contributed by atoms with Gasteiger partial charge in [-0.2, -0.15) is 0 Å². The molecule has 2 N–H and O–H groups in total. The van der Waals surface area contributed by atoms with E-state index in [0.717, 1.165) is 24.8 Å². The maximum Gasteiger partial charge on any atom is 0.253 e. The molecule has 3 aliphatic rings. The van der Waals surface area contributed by atoms with Crippen LogP contribution in [0.4, 0.5) is 0 Å². The minimum Gasteiger partial charge on any atom is -0.320 e. The fourth-order valence-electron chi connectivity index (χ4n) is 5.70. The van der Waals surface area contributed by atoms with Crippen LogP contribution in [0.1, 0.15) is 38.7 Å². The van der Waals surface area contributed by atoms with Crippen molar-refractivity contribution < 1.29 is 13.2 Å². The number of benzene rings is 1.